The fourth-order valence-corrected chi connectivity index (χ4v) is 4.74. The first kappa shape index (κ1) is 25.2. The minimum absolute atomic E-state index is 0.0992. The summed E-state index contributed by atoms with van der Waals surface area (Å²) in [4.78, 5) is 31.1. The highest BCUT2D eigenvalue weighted by molar-refractivity contribution is 7.20. The Morgan fingerprint density at radius 1 is 1.14 bits per heavy atom. The SMILES string of the molecule is CC.CC.CC1(C)C2C(=O)N(Cc3cc4nccc(B(O)O)c4s3)C(=O)C21.CN. The molecule has 2 fully saturated rings. The third-order valence-corrected chi connectivity index (χ3v) is 6.14. The molecule has 2 atom stereocenters. The Balaban J connectivity index is 0.000000644. The standard InChI is InChI=1S/C15H15BN2O4S.2C2H6.CH5N/c1-15(2)10-11(15)14(20)18(13(10)19)6-7-5-9-12(23-7)8(16(21)22)3-4-17-9;3*1-2/h3-5,10-11,21-22H,6H2,1-2H3;2*1-2H3;2H2,1H3. The van der Waals surface area contributed by atoms with E-state index in [4.69, 9.17) is 0 Å². The van der Waals surface area contributed by atoms with Gasteiger partial charge in [0.05, 0.1) is 28.6 Å². The van der Waals surface area contributed by atoms with E-state index in [0.717, 1.165) is 4.88 Å². The summed E-state index contributed by atoms with van der Waals surface area (Å²) < 4.78 is 0.669. The zero-order chi connectivity index (χ0) is 22.5. The first-order valence-electron chi connectivity index (χ1n) is 9.99. The summed E-state index contributed by atoms with van der Waals surface area (Å²) in [6.45, 7) is 12.1. The lowest BCUT2D eigenvalue weighted by atomic mass is 9.81. The van der Waals surface area contributed by atoms with Crippen LogP contribution in [0.4, 0.5) is 0 Å². The number of hydrogen-bond donors (Lipinski definition) is 3. The summed E-state index contributed by atoms with van der Waals surface area (Å²) in [5.74, 6) is -0.565. The summed E-state index contributed by atoms with van der Waals surface area (Å²) in [5, 5.41) is 18.8. The van der Waals surface area contributed by atoms with Crippen molar-refractivity contribution in [1.29, 1.82) is 0 Å². The first-order valence-corrected chi connectivity index (χ1v) is 10.8. The second-order valence-corrected chi connectivity index (χ2v) is 7.88. The molecule has 0 radical (unpaired) electrons. The molecule has 2 aliphatic rings. The molecule has 2 amide bonds. The van der Waals surface area contributed by atoms with Crippen LogP contribution in [0, 0.1) is 17.3 Å². The van der Waals surface area contributed by atoms with Crippen LogP contribution >= 0.6 is 11.3 Å². The minimum Gasteiger partial charge on any atom is -0.423 e. The molecule has 1 aliphatic heterocycles. The van der Waals surface area contributed by atoms with Crippen LogP contribution in [0.5, 0.6) is 0 Å². The molecule has 2 unspecified atom stereocenters. The Morgan fingerprint density at radius 3 is 2.14 bits per heavy atom. The molecule has 1 aliphatic carbocycles. The Kier molecular flexibility index (Phi) is 8.95. The highest BCUT2D eigenvalue weighted by Crippen LogP contribution is 2.63. The Bertz CT molecular complexity index is 829. The average molecular weight is 421 g/mol. The van der Waals surface area contributed by atoms with Crippen molar-refractivity contribution in [2.75, 3.05) is 7.05 Å². The quantitative estimate of drug-likeness (QED) is 0.514. The number of carbonyl (C=O) groups is 2. The van der Waals surface area contributed by atoms with Crippen molar-refractivity contribution in [3.05, 3.63) is 23.2 Å². The monoisotopic (exact) mass is 421 g/mol. The second-order valence-electron chi connectivity index (χ2n) is 6.74. The smallest absolute Gasteiger partial charge is 0.423 e. The van der Waals surface area contributed by atoms with Gasteiger partial charge in [-0.15, -0.1) is 11.3 Å². The predicted octanol–water partition coefficient (Wildman–Crippen LogP) is 1.74. The van der Waals surface area contributed by atoms with E-state index in [-0.39, 0.29) is 35.6 Å². The fraction of sp³-hybridized carbons (Fsp3) is 0.550. The molecule has 3 heterocycles. The van der Waals surface area contributed by atoms with Crippen molar-refractivity contribution in [3.8, 4) is 0 Å². The number of aromatic nitrogens is 1. The largest absolute Gasteiger partial charge is 0.490 e. The van der Waals surface area contributed by atoms with Crippen molar-refractivity contribution >= 4 is 45.9 Å². The third kappa shape index (κ3) is 4.53. The topological polar surface area (TPSA) is 117 Å². The molecule has 7 nitrogen and oxygen atoms in total. The zero-order valence-electron chi connectivity index (χ0n) is 18.3. The summed E-state index contributed by atoms with van der Waals surface area (Å²) in [6, 6.07) is 3.35. The normalized spacial score (nSPS) is 20.6. The maximum absolute atomic E-state index is 12.4. The van der Waals surface area contributed by atoms with Gasteiger partial charge in [0.1, 0.15) is 0 Å². The molecule has 4 rings (SSSR count). The number of nitrogens with two attached hydrogens (primary N) is 1. The highest BCUT2D eigenvalue weighted by atomic mass is 32.1. The van der Waals surface area contributed by atoms with E-state index in [0.29, 0.717) is 15.7 Å². The number of hydrogen-bond acceptors (Lipinski definition) is 7. The molecule has 160 valence electrons. The van der Waals surface area contributed by atoms with Gasteiger partial charge in [-0.25, -0.2) is 0 Å². The number of likely N-dealkylation sites (tertiary alicyclic amines) is 1. The van der Waals surface area contributed by atoms with Crippen molar-refractivity contribution < 1.29 is 19.6 Å². The van der Waals surface area contributed by atoms with Crippen LogP contribution in [0.3, 0.4) is 0 Å². The molecule has 0 bridgehead atoms. The lowest BCUT2D eigenvalue weighted by Crippen LogP contribution is -2.35. The van der Waals surface area contributed by atoms with Gasteiger partial charge in [0, 0.05) is 16.5 Å². The molecule has 1 saturated heterocycles. The van der Waals surface area contributed by atoms with Gasteiger partial charge in [0.2, 0.25) is 11.8 Å². The van der Waals surface area contributed by atoms with E-state index in [9.17, 15) is 19.6 Å². The first-order chi connectivity index (χ1) is 13.8. The molecule has 4 N–H and O–H groups in total. The molecular weight excluding hydrogens is 389 g/mol. The van der Waals surface area contributed by atoms with Gasteiger partial charge >= 0.3 is 7.12 Å². The summed E-state index contributed by atoms with van der Waals surface area (Å²) in [7, 11) is -0.0736. The van der Waals surface area contributed by atoms with Crippen LogP contribution in [-0.2, 0) is 16.1 Å². The van der Waals surface area contributed by atoms with Crippen LogP contribution in [0.15, 0.2) is 18.3 Å². The molecule has 29 heavy (non-hydrogen) atoms. The van der Waals surface area contributed by atoms with Crippen LogP contribution in [0.2, 0.25) is 0 Å². The third-order valence-electron chi connectivity index (χ3n) is 4.98. The van der Waals surface area contributed by atoms with Gasteiger partial charge < -0.3 is 15.8 Å². The van der Waals surface area contributed by atoms with E-state index >= 15 is 0 Å². The van der Waals surface area contributed by atoms with Crippen LogP contribution in [-0.4, -0.2) is 45.9 Å². The summed E-state index contributed by atoms with van der Waals surface area (Å²) in [5.41, 5.74) is 5.31. The summed E-state index contributed by atoms with van der Waals surface area (Å²) in [6.07, 6.45) is 1.51. The van der Waals surface area contributed by atoms with Crippen molar-refractivity contribution in [2.45, 2.75) is 48.1 Å². The van der Waals surface area contributed by atoms with Crippen molar-refractivity contribution in [3.63, 3.8) is 0 Å². The second kappa shape index (κ2) is 10.3. The van der Waals surface area contributed by atoms with Gasteiger partial charge in [-0.1, -0.05) is 41.5 Å². The van der Waals surface area contributed by atoms with Crippen molar-refractivity contribution in [1.82, 2.24) is 9.88 Å². The van der Waals surface area contributed by atoms with E-state index in [1.165, 1.54) is 29.5 Å². The number of carbonyl (C=O) groups excluding carboxylic acids is 2. The van der Waals surface area contributed by atoms with Gasteiger partial charge in [-0.2, -0.15) is 0 Å². The number of rotatable bonds is 3. The number of imide groups is 1. The van der Waals surface area contributed by atoms with E-state index < -0.39 is 7.12 Å². The van der Waals surface area contributed by atoms with Gasteiger partial charge in [0.25, 0.3) is 0 Å². The van der Waals surface area contributed by atoms with E-state index in [1.54, 1.807) is 12.1 Å². The minimum atomic E-state index is -1.57. The van der Waals surface area contributed by atoms with Gasteiger partial charge in [-0.3, -0.25) is 19.5 Å². The van der Waals surface area contributed by atoms with Crippen LogP contribution in [0.1, 0.15) is 46.4 Å². The molecule has 0 spiro atoms. The number of piperidine rings is 1. The molecule has 1 saturated carbocycles. The Morgan fingerprint density at radius 2 is 1.66 bits per heavy atom. The maximum atomic E-state index is 12.4. The summed E-state index contributed by atoms with van der Waals surface area (Å²) >= 11 is 1.33. The number of pyridine rings is 1. The van der Waals surface area contributed by atoms with E-state index in [2.05, 4.69) is 10.7 Å². The van der Waals surface area contributed by atoms with Gasteiger partial charge in [-0.05, 0) is 24.6 Å². The lowest BCUT2D eigenvalue weighted by molar-refractivity contribution is -0.143. The molecular formula is C20H32BN3O4S. The van der Waals surface area contributed by atoms with Crippen molar-refractivity contribution in [2.24, 2.45) is 23.0 Å². The highest BCUT2D eigenvalue weighted by Gasteiger charge is 2.72. The number of fused-ring (bicyclic) bond motifs is 2. The van der Waals surface area contributed by atoms with E-state index in [1.807, 2.05) is 41.5 Å². The molecule has 2 aromatic rings. The zero-order valence-corrected chi connectivity index (χ0v) is 19.1. The maximum Gasteiger partial charge on any atom is 0.490 e. The number of thiophene rings is 1. The number of nitrogens with zero attached hydrogens (tertiary/aromatic N) is 2. The number of amides is 2. The molecule has 9 heteroatoms. The lowest BCUT2D eigenvalue weighted by Gasteiger charge is -2.19. The van der Waals surface area contributed by atoms with Crippen LogP contribution < -0.4 is 11.2 Å². The predicted molar refractivity (Wildman–Crippen MR) is 119 cm³/mol. The van der Waals surface area contributed by atoms with Gasteiger partial charge in [0.15, 0.2) is 0 Å². The Labute approximate surface area is 177 Å². The average Bonchev–Trinajstić information content (AvgIpc) is 2.99. The molecule has 2 aromatic heterocycles. The fourth-order valence-electron chi connectivity index (χ4n) is 3.60. The van der Waals surface area contributed by atoms with Crippen LogP contribution in [0.25, 0.3) is 10.2 Å². The Hall–Kier alpha value is -1.81. The molecule has 0 aromatic carbocycles.